The topological polar surface area (TPSA) is 96.5 Å². The van der Waals surface area contributed by atoms with Crippen LogP contribution in [0.15, 0.2) is 42.6 Å². The van der Waals surface area contributed by atoms with Gasteiger partial charge in [-0.25, -0.2) is 13.8 Å². The van der Waals surface area contributed by atoms with Gasteiger partial charge in [-0.3, -0.25) is 9.59 Å². The number of hydrogen-bond acceptors (Lipinski definition) is 7. The Balaban J connectivity index is 1.35. The van der Waals surface area contributed by atoms with Crippen LogP contribution in [-0.4, -0.2) is 51.7 Å². The van der Waals surface area contributed by atoms with Crippen LogP contribution in [0.2, 0.25) is 0 Å². The molecule has 3 aromatic rings. The van der Waals surface area contributed by atoms with Gasteiger partial charge in [0, 0.05) is 56.0 Å². The standard InChI is InChI=1S/C32H37F2N5O3/c1-5-20-17-22(29(41)36-23-13-15-39(16-14-23)19(2)3)9-11-25(20)37-31-35-18-24(32(4,33)34)30(38-31)42-27-8-6-7-21-10-12-26(40)28(21)27/h6-9,11,17-19,23H,5,10,12-16H2,1-4H3,(H,36,41)(H,35,37,38). The number of nitrogens with zero attached hydrogens (tertiary/aromatic N) is 3. The number of amides is 1. The van der Waals surface area contributed by atoms with E-state index in [1.54, 1.807) is 24.3 Å². The molecular formula is C32H37F2N5O3. The maximum absolute atomic E-state index is 14.5. The van der Waals surface area contributed by atoms with Crippen LogP contribution in [0.1, 0.15) is 84.4 Å². The van der Waals surface area contributed by atoms with Gasteiger partial charge >= 0.3 is 0 Å². The second-order valence-corrected chi connectivity index (χ2v) is 11.3. The fraction of sp³-hybridized carbons (Fsp3) is 0.438. The summed E-state index contributed by atoms with van der Waals surface area (Å²) >= 11 is 0. The van der Waals surface area contributed by atoms with Crippen LogP contribution in [0, 0.1) is 0 Å². The van der Waals surface area contributed by atoms with Crippen LogP contribution < -0.4 is 15.4 Å². The average Bonchev–Trinajstić information content (AvgIpc) is 3.34. The molecule has 0 atom stereocenters. The summed E-state index contributed by atoms with van der Waals surface area (Å²) in [5.41, 5.74) is 2.79. The first kappa shape index (κ1) is 29.6. The van der Waals surface area contributed by atoms with E-state index < -0.39 is 11.5 Å². The zero-order valence-corrected chi connectivity index (χ0v) is 24.5. The fourth-order valence-electron chi connectivity index (χ4n) is 5.57. The van der Waals surface area contributed by atoms with Crippen LogP contribution in [0.5, 0.6) is 11.6 Å². The molecule has 1 fully saturated rings. The molecule has 1 aliphatic carbocycles. The molecule has 5 rings (SSSR count). The van der Waals surface area contributed by atoms with Gasteiger partial charge in [-0.1, -0.05) is 19.1 Å². The molecule has 0 unspecified atom stereocenters. The largest absolute Gasteiger partial charge is 0.438 e. The highest BCUT2D eigenvalue weighted by Crippen LogP contribution is 2.39. The van der Waals surface area contributed by atoms with E-state index in [-0.39, 0.29) is 35.3 Å². The molecule has 1 aromatic heterocycles. The van der Waals surface area contributed by atoms with Gasteiger partial charge in [0.05, 0.1) is 5.56 Å². The van der Waals surface area contributed by atoms with E-state index in [4.69, 9.17) is 4.74 Å². The average molecular weight is 578 g/mol. The number of anilines is 2. The van der Waals surface area contributed by atoms with E-state index in [9.17, 15) is 18.4 Å². The summed E-state index contributed by atoms with van der Waals surface area (Å²) in [7, 11) is 0. The van der Waals surface area contributed by atoms with Crippen molar-refractivity contribution in [1.29, 1.82) is 0 Å². The van der Waals surface area contributed by atoms with Gasteiger partial charge in [-0.15, -0.1) is 0 Å². The number of aromatic nitrogens is 2. The number of hydrogen-bond donors (Lipinski definition) is 2. The van der Waals surface area contributed by atoms with Gasteiger partial charge in [0.1, 0.15) is 11.3 Å². The molecule has 2 aliphatic rings. The Bertz CT molecular complexity index is 1480. The van der Waals surface area contributed by atoms with Crippen molar-refractivity contribution in [2.45, 2.75) is 77.8 Å². The van der Waals surface area contributed by atoms with Crippen LogP contribution in [0.4, 0.5) is 20.4 Å². The molecule has 0 bridgehead atoms. The number of alkyl halides is 2. The lowest BCUT2D eigenvalue weighted by Gasteiger charge is -2.34. The van der Waals surface area contributed by atoms with Gasteiger partial charge in [0.15, 0.2) is 5.78 Å². The number of aryl methyl sites for hydroxylation is 2. The highest BCUT2D eigenvalue weighted by atomic mass is 19.3. The monoisotopic (exact) mass is 577 g/mol. The Kier molecular flexibility index (Phi) is 8.54. The lowest BCUT2D eigenvalue weighted by atomic mass is 10.0. The molecule has 2 heterocycles. The van der Waals surface area contributed by atoms with Crippen LogP contribution >= 0.6 is 0 Å². The third-order valence-electron chi connectivity index (χ3n) is 8.04. The maximum Gasteiger partial charge on any atom is 0.277 e. The second kappa shape index (κ2) is 12.1. The minimum atomic E-state index is -3.27. The Morgan fingerprint density at radius 2 is 1.93 bits per heavy atom. The Labute approximate surface area is 244 Å². The second-order valence-electron chi connectivity index (χ2n) is 11.3. The van der Waals surface area contributed by atoms with Crippen molar-refractivity contribution in [3.05, 3.63) is 70.4 Å². The number of ketones is 1. The maximum atomic E-state index is 14.5. The molecule has 0 radical (unpaired) electrons. The number of nitrogens with one attached hydrogen (secondary N) is 2. The van der Waals surface area contributed by atoms with Gasteiger partial charge in [-0.2, -0.15) is 4.98 Å². The zero-order valence-electron chi connectivity index (χ0n) is 24.5. The highest BCUT2D eigenvalue weighted by Gasteiger charge is 2.32. The number of rotatable bonds is 9. The molecule has 0 saturated carbocycles. The van der Waals surface area contributed by atoms with E-state index in [0.717, 1.165) is 50.2 Å². The first-order valence-electron chi connectivity index (χ1n) is 14.6. The van der Waals surface area contributed by atoms with E-state index in [1.165, 1.54) is 0 Å². The summed E-state index contributed by atoms with van der Waals surface area (Å²) in [6.07, 6.45) is 4.42. The van der Waals surface area contributed by atoms with E-state index in [0.29, 0.717) is 42.1 Å². The quantitative estimate of drug-likeness (QED) is 0.303. The number of benzene rings is 2. The van der Waals surface area contributed by atoms with Crippen molar-refractivity contribution in [2.75, 3.05) is 18.4 Å². The van der Waals surface area contributed by atoms with Gasteiger partial charge in [0.2, 0.25) is 11.8 Å². The molecule has 8 nitrogen and oxygen atoms in total. The minimum Gasteiger partial charge on any atom is -0.438 e. The molecule has 1 aliphatic heterocycles. The molecule has 0 spiro atoms. The van der Waals surface area contributed by atoms with Crippen molar-refractivity contribution >= 4 is 23.3 Å². The number of likely N-dealkylation sites (tertiary alicyclic amines) is 1. The van der Waals surface area contributed by atoms with Crippen molar-refractivity contribution in [3.8, 4) is 11.6 Å². The first-order valence-corrected chi connectivity index (χ1v) is 14.6. The predicted octanol–water partition coefficient (Wildman–Crippen LogP) is 6.42. The fourth-order valence-corrected chi connectivity index (χ4v) is 5.57. The van der Waals surface area contributed by atoms with Crippen molar-refractivity contribution in [2.24, 2.45) is 0 Å². The lowest BCUT2D eigenvalue weighted by Crippen LogP contribution is -2.46. The summed E-state index contributed by atoms with van der Waals surface area (Å²) in [4.78, 5) is 36.3. The van der Waals surface area contributed by atoms with Crippen LogP contribution in [0.3, 0.4) is 0 Å². The number of fused-ring (bicyclic) bond motifs is 1. The SMILES string of the molecule is CCc1cc(C(=O)NC2CCN(C(C)C)CC2)ccc1Nc1ncc(C(C)(F)F)c(Oc2cccc3c2C(=O)CC3)n1. The molecule has 2 N–H and O–H groups in total. The summed E-state index contributed by atoms with van der Waals surface area (Å²) in [5.74, 6) is -3.55. The van der Waals surface area contributed by atoms with E-state index in [1.807, 2.05) is 19.1 Å². The molecule has 2 aromatic carbocycles. The summed E-state index contributed by atoms with van der Waals surface area (Å²) in [6.45, 7) is 9.01. The predicted molar refractivity (Wildman–Crippen MR) is 157 cm³/mol. The van der Waals surface area contributed by atoms with Crippen LogP contribution in [0.25, 0.3) is 0 Å². The van der Waals surface area contributed by atoms with Gasteiger partial charge in [-0.05, 0) is 74.9 Å². The molecule has 42 heavy (non-hydrogen) atoms. The molecule has 222 valence electrons. The number of ether oxygens (including phenoxy) is 1. The highest BCUT2D eigenvalue weighted by molar-refractivity contribution is 6.03. The first-order chi connectivity index (χ1) is 20.0. The Morgan fingerprint density at radius 1 is 1.17 bits per heavy atom. The third-order valence-corrected chi connectivity index (χ3v) is 8.04. The number of carbonyl (C=O) groups excluding carboxylic acids is 2. The molecular weight excluding hydrogens is 540 g/mol. The van der Waals surface area contributed by atoms with Crippen molar-refractivity contribution in [1.82, 2.24) is 20.2 Å². The number of piperidine rings is 1. The third kappa shape index (κ3) is 6.43. The molecule has 10 heteroatoms. The lowest BCUT2D eigenvalue weighted by molar-refractivity contribution is 0.0146. The van der Waals surface area contributed by atoms with Gasteiger partial charge < -0.3 is 20.3 Å². The number of carbonyl (C=O) groups is 2. The summed E-state index contributed by atoms with van der Waals surface area (Å²) in [6, 6.07) is 11.1. The smallest absolute Gasteiger partial charge is 0.277 e. The number of halogens is 2. The van der Waals surface area contributed by atoms with Crippen molar-refractivity contribution in [3.63, 3.8) is 0 Å². The normalized spacial score (nSPS) is 16.0. The van der Waals surface area contributed by atoms with Crippen molar-refractivity contribution < 1.29 is 23.1 Å². The number of Topliss-reactive ketones (excluding diaryl/α,β-unsaturated/α-hetero) is 1. The molecule has 1 saturated heterocycles. The summed E-state index contributed by atoms with van der Waals surface area (Å²) in [5, 5.41) is 6.27. The van der Waals surface area contributed by atoms with E-state index in [2.05, 4.69) is 39.3 Å². The Morgan fingerprint density at radius 3 is 2.62 bits per heavy atom. The zero-order chi connectivity index (χ0) is 30.0. The Hall–Kier alpha value is -3.92. The minimum absolute atomic E-state index is 0.0562. The van der Waals surface area contributed by atoms with Crippen LogP contribution in [-0.2, 0) is 18.8 Å². The van der Waals surface area contributed by atoms with E-state index >= 15 is 0 Å². The molecule has 1 amide bonds. The summed E-state index contributed by atoms with van der Waals surface area (Å²) < 4.78 is 34.9. The van der Waals surface area contributed by atoms with Gasteiger partial charge in [0.25, 0.3) is 11.8 Å².